The maximum absolute atomic E-state index is 5.84. The highest BCUT2D eigenvalue weighted by atomic mass is 35.5. The summed E-state index contributed by atoms with van der Waals surface area (Å²) in [7, 11) is 0. The van der Waals surface area contributed by atoms with Crippen LogP contribution >= 0.6 is 12.4 Å². The van der Waals surface area contributed by atoms with E-state index in [0.29, 0.717) is 6.61 Å². The molecule has 0 aliphatic heterocycles. The quantitative estimate of drug-likeness (QED) is 0.623. The average Bonchev–Trinajstić information content (AvgIpc) is 2.63. The molecule has 0 aliphatic rings. The van der Waals surface area contributed by atoms with Gasteiger partial charge in [-0.25, -0.2) is 0 Å². The van der Waals surface area contributed by atoms with Crippen molar-refractivity contribution >= 4 is 12.4 Å². The Kier molecular flexibility index (Phi) is 7.52. The second-order valence-electron chi connectivity index (χ2n) is 6.01. The lowest BCUT2D eigenvalue weighted by molar-refractivity contribution is 0.306. The minimum absolute atomic E-state index is 0. The Balaban J connectivity index is 0.00000225. The molecule has 0 atom stereocenters. The zero-order chi connectivity index (χ0) is 16.6. The number of benzene rings is 3. The van der Waals surface area contributed by atoms with Crippen molar-refractivity contribution < 1.29 is 4.74 Å². The molecule has 3 aromatic rings. The first-order valence-electron chi connectivity index (χ1n) is 8.31. The van der Waals surface area contributed by atoms with Gasteiger partial charge in [0.05, 0.1) is 0 Å². The maximum Gasteiger partial charge on any atom is 0.119 e. The lowest BCUT2D eigenvalue weighted by Gasteiger charge is -2.09. The molecule has 25 heavy (non-hydrogen) atoms. The van der Waals surface area contributed by atoms with Gasteiger partial charge in [-0.05, 0) is 35.7 Å². The Morgan fingerprint density at radius 3 is 1.88 bits per heavy atom. The smallest absolute Gasteiger partial charge is 0.119 e. The van der Waals surface area contributed by atoms with Gasteiger partial charge in [-0.15, -0.1) is 12.4 Å². The Bertz CT molecular complexity index is 739. The zero-order valence-electron chi connectivity index (χ0n) is 14.4. The van der Waals surface area contributed by atoms with Gasteiger partial charge in [0.1, 0.15) is 12.4 Å². The molecule has 0 amide bonds. The third kappa shape index (κ3) is 6.26. The van der Waals surface area contributed by atoms with E-state index in [4.69, 9.17) is 4.74 Å². The van der Waals surface area contributed by atoms with E-state index in [1.165, 1.54) is 22.3 Å². The minimum atomic E-state index is 0. The van der Waals surface area contributed by atoms with Crippen molar-refractivity contribution in [1.82, 2.24) is 5.32 Å². The number of halogens is 1. The Morgan fingerprint density at radius 1 is 0.680 bits per heavy atom. The predicted molar refractivity (Wildman–Crippen MR) is 106 cm³/mol. The molecule has 130 valence electrons. The van der Waals surface area contributed by atoms with Crippen LogP contribution in [-0.4, -0.2) is 0 Å². The number of hydrogen-bond acceptors (Lipinski definition) is 2. The van der Waals surface area contributed by atoms with E-state index >= 15 is 0 Å². The predicted octanol–water partition coefficient (Wildman–Crippen LogP) is 5.29. The molecule has 0 aromatic heterocycles. The van der Waals surface area contributed by atoms with Gasteiger partial charge in [0.2, 0.25) is 0 Å². The van der Waals surface area contributed by atoms with Gasteiger partial charge in [0.15, 0.2) is 0 Å². The van der Waals surface area contributed by atoms with Crippen molar-refractivity contribution in [2.24, 2.45) is 0 Å². The maximum atomic E-state index is 5.84. The van der Waals surface area contributed by atoms with Crippen molar-refractivity contribution in [1.29, 1.82) is 0 Å². The molecule has 2 nitrogen and oxygen atoms in total. The van der Waals surface area contributed by atoms with Gasteiger partial charge < -0.3 is 10.1 Å². The van der Waals surface area contributed by atoms with Crippen LogP contribution in [0.1, 0.15) is 22.3 Å². The Morgan fingerprint density at radius 2 is 1.24 bits per heavy atom. The van der Waals surface area contributed by atoms with Crippen LogP contribution in [0.5, 0.6) is 5.75 Å². The molecule has 0 radical (unpaired) electrons. The first-order chi connectivity index (χ1) is 11.8. The van der Waals surface area contributed by atoms with Crippen LogP contribution in [0.25, 0.3) is 0 Å². The van der Waals surface area contributed by atoms with Crippen molar-refractivity contribution in [3.05, 3.63) is 101 Å². The van der Waals surface area contributed by atoms with Gasteiger partial charge in [0, 0.05) is 13.1 Å². The molecule has 3 aromatic carbocycles. The zero-order valence-corrected chi connectivity index (χ0v) is 15.3. The second kappa shape index (κ2) is 9.87. The fourth-order valence-electron chi connectivity index (χ4n) is 2.50. The average molecular weight is 354 g/mol. The molecular formula is C22H24ClNO. The summed E-state index contributed by atoms with van der Waals surface area (Å²) in [6.07, 6.45) is 0. The van der Waals surface area contributed by atoms with Gasteiger partial charge >= 0.3 is 0 Å². The van der Waals surface area contributed by atoms with Gasteiger partial charge in [-0.2, -0.15) is 0 Å². The van der Waals surface area contributed by atoms with Crippen LogP contribution in [0.3, 0.4) is 0 Å². The van der Waals surface area contributed by atoms with E-state index < -0.39 is 0 Å². The molecular weight excluding hydrogens is 330 g/mol. The van der Waals surface area contributed by atoms with Crippen LogP contribution in [-0.2, 0) is 19.7 Å². The van der Waals surface area contributed by atoms with E-state index in [-0.39, 0.29) is 12.4 Å². The summed E-state index contributed by atoms with van der Waals surface area (Å²) >= 11 is 0. The summed E-state index contributed by atoms with van der Waals surface area (Å²) in [6, 6.07) is 27.2. The summed E-state index contributed by atoms with van der Waals surface area (Å²) < 4.78 is 5.84. The third-order valence-corrected chi connectivity index (χ3v) is 3.95. The first kappa shape index (κ1) is 19.0. The SMILES string of the molecule is Cc1ccc(COc2ccc(CNCc3ccccc3)cc2)cc1.Cl. The van der Waals surface area contributed by atoms with E-state index in [2.05, 4.69) is 72.9 Å². The Hall–Kier alpha value is -2.29. The molecule has 0 heterocycles. The van der Waals surface area contributed by atoms with E-state index in [1.807, 2.05) is 18.2 Å². The highest BCUT2D eigenvalue weighted by molar-refractivity contribution is 5.85. The van der Waals surface area contributed by atoms with Crippen LogP contribution < -0.4 is 10.1 Å². The van der Waals surface area contributed by atoms with Crippen LogP contribution in [0.4, 0.5) is 0 Å². The molecule has 3 heteroatoms. The number of hydrogen-bond donors (Lipinski definition) is 1. The number of nitrogens with one attached hydrogen (secondary N) is 1. The number of rotatable bonds is 7. The largest absolute Gasteiger partial charge is 0.489 e. The number of ether oxygens (including phenoxy) is 1. The van der Waals surface area contributed by atoms with Gasteiger partial charge in [-0.1, -0.05) is 72.3 Å². The van der Waals surface area contributed by atoms with Crippen molar-refractivity contribution in [3.63, 3.8) is 0 Å². The normalized spacial score (nSPS) is 10.1. The standard InChI is InChI=1S/C22H23NO.ClH/c1-18-7-9-21(10-8-18)17-24-22-13-11-20(12-14-22)16-23-15-19-5-3-2-4-6-19;/h2-14,23H,15-17H2,1H3;1H. The fourth-order valence-corrected chi connectivity index (χ4v) is 2.50. The molecule has 0 saturated carbocycles. The van der Waals surface area contributed by atoms with Crippen molar-refractivity contribution in [2.45, 2.75) is 26.6 Å². The molecule has 0 spiro atoms. The molecule has 0 fully saturated rings. The molecule has 0 aliphatic carbocycles. The molecule has 0 unspecified atom stereocenters. The lowest BCUT2D eigenvalue weighted by Crippen LogP contribution is -2.12. The molecule has 0 saturated heterocycles. The molecule has 0 bridgehead atoms. The van der Waals surface area contributed by atoms with Crippen LogP contribution in [0.15, 0.2) is 78.9 Å². The first-order valence-corrected chi connectivity index (χ1v) is 8.31. The summed E-state index contributed by atoms with van der Waals surface area (Å²) in [6.45, 7) is 4.43. The molecule has 3 rings (SSSR count). The van der Waals surface area contributed by atoms with E-state index in [0.717, 1.165) is 18.8 Å². The summed E-state index contributed by atoms with van der Waals surface area (Å²) in [4.78, 5) is 0. The second-order valence-corrected chi connectivity index (χ2v) is 6.01. The lowest BCUT2D eigenvalue weighted by atomic mass is 10.1. The van der Waals surface area contributed by atoms with E-state index in [1.54, 1.807) is 0 Å². The van der Waals surface area contributed by atoms with E-state index in [9.17, 15) is 0 Å². The van der Waals surface area contributed by atoms with Gasteiger partial charge in [-0.3, -0.25) is 0 Å². The van der Waals surface area contributed by atoms with Crippen molar-refractivity contribution in [2.75, 3.05) is 0 Å². The summed E-state index contributed by atoms with van der Waals surface area (Å²) in [5.41, 5.74) is 5.02. The third-order valence-electron chi connectivity index (χ3n) is 3.95. The van der Waals surface area contributed by atoms with Crippen LogP contribution in [0, 0.1) is 6.92 Å². The topological polar surface area (TPSA) is 21.3 Å². The highest BCUT2D eigenvalue weighted by Gasteiger charge is 1.98. The van der Waals surface area contributed by atoms with Crippen LogP contribution in [0.2, 0.25) is 0 Å². The monoisotopic (exact) mass is 353 g/mol. The highest BCUT2D eigenvalue weighted by Crippen LogP contribution is 2.14. The summed E-state index contributed by atoms with van der Waals surface area (Å²) in [5, 5.41) is 3.46. The number of aryl methyl sites for hydroxylation is 1. The fraction of sp³-hybridized carbons (Fsp3) is 0.182. The summed E-state index contributed by atoms with van der Waals surface area (Å²) in [5.74, 6) is 0.905. The van der Waals surface area contributed by atoms with Gasteiger partial charge in [0.25, 0.3) is 0 Å². The minimum Gasteiger partial charge on any atom is -0.489 e. The Labute approximate surface area is 156 Å². The molecule has 1 N–H and O–H groups in total. The van der Waals surface area contributed by atoms with Crippen molar-refractivity contribution in [3.8, 4) is 5.75 Å².